The third-order valence-electron chi connectivity index (χ3n) is 4.14. The lowest BCUT2D eigenvalue weighted by Gasteiger charge is -2.17. The van der Waals surface area contributed by atoms with E-state index in [2.05, 4.69) is 54.1 Å². The molecule has 0 spiro atoms. The predicted octanol–water partition coefficient (Wildman–Crippen LogP) is 3.46. The summed E-state index contributed by atoms with van der Waals surface area (Å²) in [5, 5.41) is 7.80. The molecule has 1 aromatic rings. The van der Waals surface area contributed by atoms with E-state index in [-0.39, 0.29) is 0 Å². The number of aryl methyl sites for hydroxylation is 1. The lowest BCUT2D eigenvalue weighted by atomic mass is 10.1. The molecule has 22 heavy (non-hydrogen) atoms. The molecular weight excluding hydrogens is 290 g/mol. The minimum atomic E-state index is 0.587. The van der Waals surface area contributed by atoms with Crippen molar-refractivity contribution in [2.45, 2.75) is 50.3 Å². The van der Waals surface area contributed by atoms with Gasteiger partial charge in [-0.2, -0.15) is 11.8 Å². The van der Waals surface area contributed by atoms with Crippen molar-refractivity contribution >= 4 is 17.7 Å². The Kier molecular flexibility index (Phi) is 7.64. The molecule has 2 atom stereocenters. The van der Waals surface area contributed by atoms with Crippen molar-refractivity contribution < 1.29 is 0 Å². The molecule has 4 heteroatoms. The van der Waals surface area contributed by atoms with Crippen molar-refractivity contribution in [3.05, 3.63) is 35.9 Å². The number of benzene rings is 1. The van der Waals surface area contributed by atoms with Gasteiger partial charge >= 0.3 is 0 Å². The van der Waals surface area contributed by atoms with Crippen LogP contribution < -0.4 is 10.6 Å². The molecule has 0 aromatic heterocycles. The van der Waals surface area contributed by atoms with E-state index in [9.17, 15) is 0 Å². The van der Waals surface area contributed by atoms with E-state index in [1.807, 2.05) is 11.8 Å². The molecule has 0 bridgehead atoms. The van der Waals surface area contributed by atoms with E-state index in [1.54, 1.807) is 0 Å². The number of guanidine groups is 1. The van der Waals surface area contributed by atoms with Gasteiger partial charge < -0.3 is 10.6 Å². The van der Waals surface area contributed by atoms with Crippen LogP contribution in [-0.4, -0.2) is 36.6 Å². The smallest absolute Gasteiger partial charge is 0.191 e. The van der Waals surface area contributed by atoms with Gasteiger partial charge in [-0.15, -0.1) is 0 Å². The van der Waals surface area contributed by atoms with Gasteiger partial charge in [0.2, 0.25) is 0 Å². The van der Waals surface area contributed by atoms with Crippen molar-refractivity contribution in [2.75, 3.05) is 19.3 Å². The number of thioether (sulfide) groups is 1. The molecule has 0 radical (unpaired) electrons. The Morgan fingerprint density at radius 2 is 2.09 bits per heavy atom. The number of hydrogen-bond acceptors (Lipinski definition) is 2. The molecular formula is C18H29N3S. The maximum Gasteiger partial charge on any atom is 0.191 e. The van der Waals surface area contributed by atoms with Gasteiger partial charge in [0.25, 0.3) is 0 Å². The Balaban J connectivity index is 1.75. The average Bonchev–Trinajstić information content (AvgIpc) is 3.00. The van der Waals surface area contributed by atoms with Gasteiger partial charge in [-0.25, -0.2) is 0 Å². The molecule has 2 rings (SSSR count). The summed E-state index contributed by atoms with van der Waals surface area (Å²) in [4.78, 5) is 4.73. The highest BCUT2D eigenvalue weighted by Gasteiger charge is 2.24. The summed E-state index contributed by atoms with van der Waals surface area (Å²) in [6.45, 7) is 3.92. The summed E-state index contributed by atoms with van der Waals surface area (Å²) in [6, 6.07) is 11.2. The Morgan fingerprint density at radius 3 is 2.77 bits per heavy atom. The Hall–Kier alpha value is -1.16. The Bertz CT molecular complexity index is 447. The van der Waals surface area contributed by atoms with Gasteiger partial charge in [-0.1, -0.05) is 30.3 Å². The van der Waals surface area contributed by atoms with Crippen molar-refractivity contribution in [1.82, 2.24) is 10.6 Å². The first-order chi connectivity index (χ1) is 10.8. The normalized spacial score (nSPS) is 21.8. The number of rotatable bonds is 7. The lowest BCUT2D eigenvalue weighted by molar-refractivity contribution is 0.614. The van der Waals surface area contributed by atoms with Crippen LogP contribution in [0, 0.1) is 0 Å². The zero-order valence-electron chi connectivity index (χ0n) is 13.8. The van der Waals surface area contributed by atoms with Gasteiger partial charge in [0.05, 0.1) is 0 Å². The van der Waals surface area contributed by atoms with Crippen LogP contribution in [-0.2, 0) is 6.42 Å². The van der Waals surface area contributed by atoms with E-state index in [1.165, 1.54) is 24.8 Å². The van der Waals surface area contributed by atoms with Crippen molar-refractivity contribution in [2.24, 2.45) is 4.99 Å². The Labute approximate surface area is 139 Å². The fourth-order valence-corrected chi connectivity index (χ4v) is 3.71. The van der Waals surface area contributed by atoms with Gasteiger partial charge in [0.1, 0.15) is 0 Å². The summed E-state index contributed by atoms with van der Waals surface area (Å²) in [5.41, 5.74) is 1.40. The highest BCUT2D eigenvalue weighted by molar-refractivity contribution is 7.99. The summed E-state index contributed by atoms with van der Waals surface area (Å²) in [5.74, 6) is 0.988. The van der Waals surface area contributed by atoms with Crippen LogP contribution in [0.2, 0.25) is 0 Å². The van der Waals surface area contributed by atoms with Gasteiger partial charge in [-0.05, 0) is 50.8 Å². The summed E-state index contributed by atoms with van der Waals surface area (Å²) < 4.78 is 0. The van der Waals surface area contributed by atoms with E-state index >= 15 is 0 Å². The molecule has 2 N–H and O–H groups in total. The van der Waals surface area contributed by atoms with Crippen LogP contribution in [0.5, 0.6) is 0 Å². The molecule has 1 saturated carbocycles. The largest absolute Gasteiger partial charge is 0.357 e. The summed E-state index contributed by atoms with van der Waals surface area (Å²) in [6.07, 6.45) is 8.26. The molecule has 1 aliphatic rings. The fraction of sp³-hybridized carbons (Fsp3) is 0.611. The number of hydrogen-bond donors (Lipinski definition) is 2. The highest BCUT2D eigenvalue weighted by atomic mass is 32.2. The fourth-order valence-electron chi connectivity index (χ4n) is 2.92. The van der Waals surface area contributed by atoms with Crippen LogP contribution in [0.1, 0.15) is 38.2 Å². The van der Waals surface area contributed by atoms with Crippen LogP contribution >= 0.6 is 11.8 Å². The first-order valence-electron chi connectivity index (χ1n) is 8.43. The minimum absolute atomic E-state index is 0.587. The quantitative estimate of drug-likeness (QED) is 0.459. The summed E-state index contributed by atoms with van der Waals surface area (Å²) >= 11 is 2.00. The van der Waals surface area contributed by atoms with E-state index in [4.69, 9.17) is 4.99 Å². The number of aliphatic imine (C=N–C) groups is 1. The SMILES string of the molecule is CCNC(=NCCCc1ccccc1)NC1CCC(SC)C1. The topological polar surface area (TPSA) is 36.4 Å². The summed E-state index contributed by atoms with van der Waals surface area (Å²) in [7, 11) is 0. The highest BCUT2D eigenvalue weighted by Crippen LogP contribution is 2.27. The van der Waals surface area contributed by atoms with Crippen molar-refractivity contribution in [3.8, 4) is 0 Å². The molecule has 1 aliphatic carbocycles. The van der Waals surface area contributed by atoms with Gasteiger partial charge in [-0.3, -0.25) is 4.99 Å². The molecule has 3 nitrogen and oxygen atoms in total. The molecule has 0 heterocycles. The van der Waals surface area contributed by atoms with E-state index < -0.39 is 0 Å². The van der Waals surface area contributed by atoms with Crippen LogP contribution in [0.25, 0.3) is 0 Å². The second-order valence-electron chi connectivity index (χ2n) is 5.86. The number of nitrogens with one attached hydrogen (secondary N) is 2. The van der Waals surface area contributed by atoms with Crippen LogP contribution in [0.3, 0.4) is 0 Å². The first kappa shape index (κ1) is 17.2. The average molecular weight is 320 g/mol. The number of nitrogens with zero attached hydrogens (tertiary/aromatic N) is 1. The Morgan fingerprint density at radius 1 is 1.27 bits per heavy atom. The van der Waals surface area contributed by atoms with E-state index in [0.29, 0.717) is 6.04 Å². The van der Waals surface area contributed by atoms with Crippen molar-refractivity contribution in [3.63, 3.8) is 0 Å². The molecule has 0 saturated heterocycles. The molecule has 1 aromatic carbocycles. The maximum absolute atomic E-state index is 4.73. The second-order valence-corrected chi connectivity index (χ2v) is 7.00. The van der Waals surface area contributed by atoms with Crippen LogP contribution in [0.4, 0.5) is 0 Å². The van der Waals surface area contributed by atoms with Gasteiger partial charge in [0, 0.05) is 24.4 Å². The third kappa shape index (κ3) is 5.91. The van der Waals surface area contributed by atoms with E-state index in [0.717, 1.165) is 37.1 Å². The zero-order valence-corrected chi connectivity index (χ0v) is 14.7. The molecule has 2 unspecified atom stereocenters. The maximum atomic E-state index is 4.73. The molecule has 0 aliphatic heterocycles. The minimum Gasteiger partial charge on any atom is -0.357 e. The van der Waals surface area contributed by atoms with Crippen molar-refractivity contribution in [1.29, 1.82) is 0 Å². The van der Waals surface area contributed by atoms with Crippen LogP contribution in [0.15, 0.2) is 35.3 Å². The molecule has 0 amide bonds. The first-order valence-corrected chi connectivity index (χ1v) is 9.72. The predicted molar refractivity (Wildman–Crippen MR) is 98.8 cm³/mol. The monoisotopic (exact) mass is 319 g/mol. The standard InChI is InChI=1S/C18H29N3S/c1-3-19-18(21-16-11-12-17(14-16)22-2)20-13-7-10-15-8-5-4-6-9-15/h4-6,8-9,16-17H,3,7,10-14H2,1-2H3,(H2,19,20,21). The third-order valence-corrected chi connectivity index (χ3v) is 5.23. The molecule has 1 fully saturated rings. The second kappa shape index (κ2) is 9.78. The zero-order chi connectivity index (χ0) is 15.6. The van der Waals surface area contributed by atoms with Gasteiger partial charge in [0.15, 0.2) is 5.96 Å². The molecule has 122 valence electrons. The lowest BCUT2D eigenvalue weighted by Crippen LogP contribution is -2.42.